The number of terminal acetylenes is 1. The third-order valence-corrected chi connectivity index (χ3v) is 2.52. The highest BCUT2D eigenvalue weighted by Crippen LogP contribution is 2.21. The molecule has 0 radical (unpaired) electrons. The van der Waals surface area contributed by atoms with Crippen molar-refractivity contribution in [3.05, 3.63) is 23.7 Å². The van der Waals surface area contributed by atoms with Crippen molar-refractivity contribution in [3.63, 3.8) is 0 Å². The molecule has 0 amide bonds. The Morgan fingerprint density at radius 1 is 1.54 bits per heavy atom. The number of nitrogens with one attached hydrogen (secondary N) is 1. The van der Waals surface area contributed by atoms with Crippen LogP contribution in [0.4, 0.5) is 5.69 Å². The summed E-state index contributed by atoms with van der Waals surface area (Å²) in [6, 6.07) is 6.04. The predicted molar refractivity (Wildman–Crippen MR) is 56.9 cm³/mol. The zero-order chi connectivity index (χ0) is 9.10. The molecule has 1 N–H and O–H groups in total. The van der Waals surface area contributed by atoms with Crippen LogP contribution in [0, 0.1) is 12.3 Å². The van der Waals surface area contributed by atoms with Crippen LogP contribution in [0.15, 0.2) is 23.7 Å². The standard InChI is InChI=1S/C10H8N2S/c1-2-5-11-8-3-4-9-10(6-8)13-7-12-9/h1,3-4,6-7,11H,5H2. The fraction of sp³-hybridized carbons (Fsp3) is 0.100. The van der Waals surface area contributed by atoms with Gasteiger partial charge in [0, 0.05) is 5.69 Å². The molecular formula is C10H8N2S. The van der Waals surface area contributed by atoms with E-state index in [4.69, 9.17) is 6.42 Å². The normalized spacial score (nSPS) is 9.77. The summed E-state index contributed by atoms with van der Waals surface area (Å²) in [7, 11) is 0. The van der Waals surface area contributed by atoms with E-state index in [1.54, 1.807) is 11.3 Å². The van der Waals surface area contributed by atoms with Gasteiger partial charge in [-0.1, -0.05) is 5.92 Å². The smallest absolute Gasteiger partial charge is 0.0813 e. The summed E-state index contributed by atoms with van der Waals surface area (Å²) < 4.78 is 1.18. The second-order valence-corrected chi connectivity index (χ2v) is 3.48. The van der Waals surface area contributed by atoms with Crippen LogP contribution in [-0.2, 0) is 0 Å². The Balaban J connectivity index is 2.33. The molecule has 0 fully saturated rings. The molecule has 0 bridgehead atoms. The van der Waals surface area contributed by atoms with Crippen molar-refractivity contribution in [1.29, 1.82) is 0 Å². The second kappa shape index (κ2) is 3.46. The maximum atomic E-state index is 5.15. The average molecular weight is 188 g/mol. The first-order chi connectivity index (χ1) is 6.40. The van der Waals surface area contributed by atoms with Crippen LogP contribution in [0.2, 0.25) is 0 Å². The van der Waals surface area contributed by atoms with Crippen LogP contribution in [0.5, 0.6) is 0 Å². The van der Waals surface area contributed by atoms with Gasteiger partial charge in [0.05, 0.1) is 22.3 Å². The van der Waals surface area contributed by atoms with E-state index in [2.05, 4.69) is 22.3 Å². The van der Waals surface area contributed by atoms with Gasteiger partial charge in [0.2, 0.25) is 0 Å². The fourth-order valence-electron chi connectivity index (χ4n) is 1.12. The molecule has 0 atom stereocenters. The van der Waals surface area contributed by atoms with Gasteiger partial charge >= 0.3 is 0 Å². The van der Waals surface area contributed by atoms with Gasteiger partial charge in [0.15, 0.2) is 0 Å². The highest BCUT2D eigenvalue weighted by Gasteiger charge is 1.96. The molecule has 64 valence electrons. The number of anilines is 1. The quantitative estimate of drug-likeness (QED) is 0.732. The number of aromatic nitrogens is 1. The molecule has 1 heterocycles. The first kappa shape index (κ1) is 8.09. The van der Waals surface area contributed by atoms with E-state index in [0.29, 0.717) is 6.54 Å². The Morgan fingerprint density at radius 2 is 2.46 bits per heavy atom. The van der Waals surface area contributed by atoms with Crippen LogP contribution in [0.3, 0.4) is 0 Å². The number of rotatable bonds is 2. The van der Waals surface area contributed by atoms with Gasteiger partial charge in [-0.2, -0.15) is 0 Å². The fourth-order valence-corrected chi connectivity index (χ4v) is 1.83. The van der Waals surface area contributed by atoms with Gasteiger partial charge in [0.1, 0.15) is 0 Å². The van der Waals surface area contributed by atoms with E-state index in [1.807, 2.05) is 17.6 Å². The number of fused-ring (bicyclic) bond motifs is 1. The van der Waals surface area contributed by atoms with E-state index in [-0.39, 0.29) is 0 Å². The summed E-state index contributed by atoms with van der Waals surface area (Å²) in [5.74, 6) is 2.53. The summed E-state index contributed by atoms with van der Waals surface area (Å²) in [6.45, 7) is 0.560. The second-order valence-electron chi connectivity index (χ2n) is 2.59. The zero-order valence-corrected chi connectivity index (χ0v) is 7.77. The molecule has 0 aliphatic heterocycles. The Morgan fingerprint density at radius 3 is 3.31 bits per heavy atom. The Labute approximate surface area is 80.6 Å². The zero-order valence-electron chi connectivity index (χ0n) is 6.95. The van der Waals surface area contributed by atoms with Gasteiger partial charge in [-0.25, -0.2) is 4.98 Å². The van der Waals surface area contributed by atoms with Crippen molar-refractivity contribution >= 4 is 27.2 Å². The number of nitrogens with zero attached hydrogens (tertiary/aromatic N) is 1. The van der Waals surface area contributed by atoms with Crippen molar-refractivity contribution in [2.75, 3.05) is 11.9 Å². The maximum Gasteiger partial charge on any atom is 0.0813 e. The molecule has 0 saturated carbocycles. The van der Waals surface area contributed by atoms with Gasteiger partial charge in [-0.05, 0) is 18.2 Å². The molecule has 0 aliphatic rings. The topological polar surface area (TPSA) is 24.9 Å². The first-order valence-electron chi connectivity index (χ1n) is 3.91. The minimum atomic E-state index is 0.560. The number of hydrogen-bond acceptors (Lipinski definition) is 3. The molecule has 13 heavy (non-hydrogen) atoms. The lowest BCUT2D eigenvalue weighted by molar-refractivity contribution is 1.39. The van der Waals surface area contributed by atoms with Gasteiger partial charge < -0.3 is 5.32 Å². The van der Waals surface area contributed by atoms with E-state index >= 15 is 0 Å². The largest absolute Gasteiger partial charge is 0.374 e. The number of benzene rings is 1. The molecule has 1 aromatic carbocycles. The lowest BCUT2D eigenvalue weighted by Gasteiger charge is -2.00. The Kier molecular flexibility index (Phi) is 2.15. The van der Waals surface area contributed by atoms with Crippen molar-refractivity contribution in [2.45, 2.75) is 0 Å². The van der Waals surface area contributed by atoms with E-state index in [1.165, 1.54) is 4.70 Å². The van der Waals surface area contributed by atoms with Gasteiger partial charge in [0.25, 0.3) is 0 Å². The van der Waals surface area contributed by atoms with E-state index < -0.39 is 0 Å². The lowest BCUT2D eigenvalue weighted by atomic mass is 10.3. The summed E-state index contributed by atoms with van der Waals surface area (Å²) >= 11 is 1.63. The van der Waals surface area contributed by atoms with Crippen molar-refractivity contribution < 1.29 is 0 Å². The molecule has 2 rings (SSSR count). The van der Waals surface area contributed by atoms with E-state index in [9.17, 15) is 0 Å². The molecule has 0 spiro atoms. The van der Waals surface area contributed by atoms with Crippen molar-refractivity contribution in [2.24, 2.45) is 0 Å². The van der Waals surface area contributed by atoms with Crippen LogP contribution in [-0.4, -0.2) is 11.5 Å². The molecule has 3 heteroatoms. The van der Waals surface area contributed by atoms with Crippen molar-refractivity contribution in [1.82, 2.24) is 4.98 Å². The highest BCUT2D eigenvalue weighted by molar-refractivity contribution is 7.16. The Bertz CT molecular complexity index is 453. The maximum absolute atomic E-state index is 5.15. The van der Waals surface area contributed by atoms with Crippen LogP contribution in [0.25, 0.3) is 10.2 Å². The Hall–Kier alpha value is -1.53. The summed E-state index contributed by atoms with van der Waals surface area (Å²) in [4.78, 5) is 4.19. The van der Waals surface area contributed by atoms with Crippen molar-refractivity contribution in [3.8, 4) is 12.3 Å². The molecule has 0 unspecified atom stereocenters. The number of thiazole rings is 1. The average Bonchev–Trinajstić information content (AvgIpc) is 2.61. The molecule has 1 aromatic heterocycles. The summed E-state index contributed by atoms with van der Waals surface area (Å²) in [6.07, 6.45) is 5.15. The minimum absolute atomic E-state index is 0.560. The monoisotopic (exact) mass is 188 g/mol. The molecule has 2 aromatic rings. The molecule has 0 saturated heterocycles. The molecule has 0 aliphatic carbocycles. The third-order valence-electron chi connectivity index (χ3n) is 1.73. The van der Waals surface area contributed by atoms with Gasteiger partial charge in [-0.15, -0.1) is 17.8 Å². The SMILES string of the molecule is C#CCNc1ccc2ncsc2c1. The van der Waals surface area contributed by atoms with Crippen LogP contribution < -0.4 is 5.32 Å². The summed E-state index contributed by atoms with van der Waals surface area (Å²) in [5.41, 5.74) is 3.93. The van der Waals surface area contributed by atoms with Crippen LogP contribution in [0.1, 0.15) is 0 Å². The number of hydrogen-bond donors (Lipinski definition) is 1. The first-order valence-corrected chi connectivity index (χ1v) is 4.79. The van der Waals surface area contributed by atoms with Crippen LogP contribution >= 0.6 is 11.3 Å². The summed E-state index contributed by atoms with van der Waals surface area (Å²) in [5, 5.41) is 3.12. The predicted octanol–water partition coefficient (Wildman–Crippen LogP) is 2.34. The van der Waals surface area contributed by atoms with Gasteiger partial charge in [-0.3, -0.25) is 0 Å². The molecule has 2 nitrogen and oxygen atoms in total. The molecular weight excluding hydrogens is 180 g/mol. The van der Waals surface area contributed by atoms with E-state index in [0.717, 1.165) is 11.2 Å². The highest BCUT2D eigenvalue weighted by atomic mass is 32.1. The minimum Gasteiger partial charge on any atom is -0.374 e. The third kappa shape index (κ3) is 1.63. The lowest BCUT2D eigenvalue weighted by Crippen LogP contribution is -1.97.